The van der Waals surface area contributed by atoms with Gasteiger partial charge < -0.3 is 5.11 Å². The molecule has 5 heteroatoms. The van der Waals surface area contributed by atoms with E-state index in [2.05, 4.69) is 0 Å². The summed E-state index contributed by atoms with van der Waals surface area (Å²) in [6.45, 7) is 0. The van der Waals surface area contributed by atoms with Crippen molar-refractivity contribution >= 4 is 23.5 Å². The van der Waals surface area contributed by atoms with Gasteiger partial charge in [0.25, 0.3) is 0 Å². The summed E-state index contributed by atoms with van der Waals surface area (Å²) in [6.07, 6.45) is 3.78. The van der Waals surface area contributed by atoms with E-state index in [-0.39, 0.29) is 16.6 Å². The number of carbonyl (C=O) groups is 2. The van der Waals surface area contributed by atoms with Gasteiger partial charge in [0.1, 0.15) is 11.6 Å². The molecule has 2 rings (SSSR count). The summed E-state index contributed by atoms with van der Waals surface area (Å²) in [5, 5.41) is 8.96. The van der Waals surface area contributed by atoms with Gasteiger partial charge in [-0.15, -0.1) is 11.8 Å². The van der Waals surface area contributed by atoms with Crippen LogP contribution in [0.1, 0.15) is 42.5 Å². The SMILES string of the molecule is O=C1CCCCC(Sc2cc(C(=O)O)ccc2F)C1. The fraction of sp³-hybridized carbons (Fsp3) is 0.429. The molecule has 1 unspecified atom stereocenters. The average molecular weight is 282 g/mol. The summed E-state index contributed by atoms with van der Waals surface area (Å²) >= 11 is 1.28. The second-order valence-electron chi connectivity index (χ2n) is 4.68. The fourth-order valence-corrected chi connectivity index (χ4v) is 3.45. The number of hydrogen-bond donors (Lipinski definition) is 1. The minimum atomic E-state index is -1.07. The van der Waals surface area contributed by atoms with Crippen LogP contribution in [0.5, 0.6) is 0 Å². The summed E-state index contributed by atoms with van der Waals surface area (Å²) in [6, 6.07) is 3.77. The Morgan fingerprint density at radius 3 is 2.89 bits per heavy atom. The van der Waals surface area contributed by atoms with E-state index in [4.69, 9.17) is 5.11 Å². The number of aromatic carboxylic acids is 1. The van der Waals surface area contributed by atoms with Gasteiger partial charge in [-0.05, 0) is 31.0 Å². The number of thioether (sulfide) groups is 1. The number of ketones is 1. The second-order valence-corrected chi connectivity index (χ2v) is 6.02. The van der Waals surface area contributed by atoms with Crippen LogP contribution in [0.15, 0.2) is 23.1 Å². The predicted molar refractivity (Wildman–Crippen MR) is 71.1 cm³/mol. The van der Waals surface area contributed by atoms with E-state index in [9.17, 15) is 14.0 Å². The van der Waals surface area contributed by atoms with E-state index >= 15 is 0 Å². The topological polar surface area (TPSA) is 54.4 Å². The van der Waals surface area contributed by atoms with Crippen LogP contribution in [0.4, 0.5) is 4.39 Å². The molecule has 1 aliphatic carbocycles. The average Bonchev–Trinajstić information content (AvgIpc) is 2.56. The summed E-state index contributed by atoms with van der Waals surface area (Å²) in [5.74, 6) is -1.28. The van der Waals surface area contributed by atoms with Gasteiger partial charge >= 0.3 is 5.97 Å². The third-order valence-electron chi connectivity index (χ3n) is 3.16. The van der Waals surface area contributed by atoms with Crippen LogP contribution in [0.3, 0.4) is 0 Å². The second kappa shape index (κ2) is 6.19. The quantitative estimate of drug-likeness (QED) is 0.862. The highest BCUT2D eigenvalue weighted by molar-refractivity contribution is 8.00. The third-order valence-corrected chi connectivity index (χ3v) is 4.46. The lowest BCUT2D eigenvalue weighted by Crippen LogP contribution is -2.07. The van der Waals surface area contributed by atoms with Gasteiger partial charge in [-0.2, -0.15) is 0 Å². The summed E-state index contributed by atoms with van der Waals surface area (Å²) in [5.41, 5.74) is 0.0730. The van der Waals surface area contributed by atoms with Gasteiger partial charge in [-0.3, -0.25) is 4.79 Å². The third kappa shape index (κ3) is 3.80. The Morgan fingerprint density at radius 1 is 1.37 bits per heavy atom. The lowest BCUT2D eigenvalue weighted by Gasteiger charge is -2.13. The highest BCUT2D eigenvalue weighted by Gasteiger charge is 2.20. The van der Waals surface area contributed by atoms with Gasteiger partial charge in [0.2, 0.25) is 0 Å². The van der Waals surface area contributed by atoms with Crippen LogP contribution >= 0.6 is 11.8 Å². The van der Waals surface area contributed by atoms with Crippen LogP contribution < -0.4 is 0 Å². The van der Waals surface area contributed by atoms with E-state index in [0.29, 0.717) is 17.7 Å². The van der Waals surface area contributed by atoms with Gasteiger partial charge in [0.15, 0.2) is 0 Å². The molecule has 0 amide bonds. The van der Waals surface area contributed by atoms with E-state index in [1.54, 1.807) is 0 Å². The molecule has 0 radical (unpaired) electrons. The van der Waals surface area contributed by atoms with E-state index in [1.807, 2.05) is 0 Å². The molecule has 0 aromatic heterocycles. The smallest absolute Gasteiger partial charge is 0.335 e. The van der Waals surface area contributed by atoms with Crippen LogP contribution in [-0.4, -0.2) is 22.1 Å². The molecule has 0 heterocycles. The summed E-state index contributed by atoms with van der Waals surface area (Å²) in [7, 11) is 0. The molecule has 0 bridgehead atoms. The number of Topliss-reactive ketones (excluding diaryl/α,β-unsaturated/α-hetero) is 1. The zero-order chi connectivity index (χ0) is 13.8. The maximum Gasteiger partial charge on any atom is 0.335 e. The Labute approximate surface area is 115 Å². The largest absolute Gasteiger partial charge is 0.478 e. The van der Waals surface area contributed by atoms with Crippen LogP contribution in [-0.2, 0) is 4.79 Å². The summed E-state index contributed by atoms with van der Waals surface area (Å²) in [4.78, 5) is 22.7. The number of carboxylic acid groups (broad SMARTS) is 1. The Hall–Kier alpha value is -1.36. The zero-order valence-electron chi connectivity index (χ0n) is 10.4. The molecule has 1 saturated carbocycles. The molecule has 1 fully saturated rings. The van der Waals surface area contributed by atoms with Gasteiger partial charge in [-0.1, -0.05) is 6.42 Å². The zero-order valence-corrected chi connectivity index (χ0v) is 11.2. The monoisotopic (exact) mass is 282 g/mol. The first-order valence-corrected chi connectivity index (χ1v) is 7.15. The standard InChI is InChI=1S/C14H15FO3S/c15-12-6-5-9(14(17)18)7-13(12)19-11-4-2-1-3-10(16)8-11/h5-7,11H,1-4,8H2,(H,17,18). The Kier molecular flexibility index (Phi) is 4.58. The van der Waals surface area contributed by atoms with Gasteiger partial charge in [-0.25, -0.2) is 9.18 Å². The van der Waals surface area contributed by atoms with Gasteiger partial charge in [0.05, 0.1) is 5.56 Å². The van der Waals surface area contributed by atoms with Crippen molar-refractivity contribution < 1.29 is 19.1 Å². The first kappa shape index (κ1) is 14.1. The molecule has 0 aliphatic heterocycles. The van der Waals surface area contributed by atoms with E-state index in [0.717, 1.165) is 19.3 Å². The fourth-order valence-electron chi connectivity index (χ4n) is 2.16. The first-order chi connectivity index (χ1) is 9.06. The molecule has 0 spiro atoms. The highest BCUT2D eigenvalue weighted by Crippen LogP contribution is 2.33. The molecule has 19 heavy (non-hydrogen) atoms. The molecular formula is C14H15FO3S. The number of benzene rings is 1. The normalized spacial score (nSPS) is 20.1. The molecule has 3 nitrogen and oxygen atoms in total. The molecule has 1 N–H and O–H groups in total. The highest BCUT2D eigenvalue weighted by atomic mass is 32.2. The number of halogens is 1. The van der Waals surface area contributed by atoms with Crippen molar-refractivity contribution in [1.82, 2.24) is 0 Å². The van der Waals surface area contributed by atoms with Gasteiger partial charge in [0, 0.05) is 23.0 Å². The molecule has 1 aromatic rings. The molecule has 102 valence electrons. The van der Waals surface area contributed by atoms with Crippen molar-refractivity contribution in [2.45, 2.75) is 42.2 Å². The van der Waals surface area contributed by atoms with Crippen molar-refractivity contribution in [3.05, 3.63) is 29.6 Å². The minimum absolute atomic E-state index is 0.0496. The predicted octanol–water partition coefficient (Wildman–Crippen LogP) is 3.52. The van der Waals surface area contributed by atoms with E-state index in [1.165, 1.54) is 30.0 Å². The minimum Gasteiger partial charge on any atom is -0.478 e. The first-order valence-electron chi connectivity index (χ1n) is 6.27. The van der Waals surface area contributed by atoms with Crippen molar-refractivity contribution in [2.75, 3.05) is 0 Å². The maximum atomic E-state index is 13.7. The van der Waals surface area contributed by atoms with Crippen molar-refractivity contribution in [2.24, 2.45) is 0 Å². The molecular weight excluding hydrogens is 267 g/mol. The number of carbonyl (C=O) groups excluding carboxylic acids is 1. The number of hydrogen-bond acceptors (Lipinski definition) is 3. The number of rotatable bonds is 3. The van der Waals surface area contributed by atoms with Crippen molar-refractivity contribution in [1.29, 1.82) is 0 Å². The molecule has 0 saturated heterocycles. The van der Waals surface area contributed by atoms with Crippen LogP contribution in [0, 0.1) is 5.82 Å². The van der Waals surface area contributed by atoms with Crippen molar-refractivity contribution in [3.8, 4) is 0 Å². The molecule has 1 aliphatic rings. The van der Waals surface area contributed by atoms with Crippen molar-refractivity contribution in [3.63, 3.8) is 0 Å². The Balaban J connectivity index is 2.15. The Bertz CT molecular complexity index is 501. The number of carboxylic acids is 1. The molecule has 1 aromatic carbocycles. The van der Waals surface area contributed by atoms with Crippen LogP contribution in [0.25, 0.3) is 0 Å². The van der Waals surface area contributed by atoms with Crippen LogP contribution in [0.2, 0.25) is 0 Å². The maximum absolute atomic E-state index is 13.7. The summed E-state index contributed by atoms with van der Waals surface area (Å²) < 4.78 is 13.7. The van der Waals surface area contributed by atoms with E-state index < -0.39 is 11.8 Å². The molecule has 1 atom stereocenters. The lowest BCUT2D eigenvalue weighted by atomic mass is 10.2. The Morgan fingerprint density at radius 2 is 2.16 bits per heavy atom. The lowest BCUT2D eigenvalue weighted by molar-refractivity contribution is -0.118.